The smallest absolute Gasteiger partial charge is 0.257 e. The van der Waals surface area contributed by atoms with Crippen molar-refractivity contribution in [3.05, 3.63) is 94.8 Å². The van der Waals surface area contributed by atoms with E-state index in [4.69, 9.17) is 0 Å². The number of anilines is 2. The fourth-order valence-electron chi connectivity index (χ4n) is 5.70. The van der Waals surface area contributed by atoms with Gasteiger partial charge in [-0.25, -0.2) is 4.39 Å². The number of likely N-dealkylation sites (tertiary alicyclic amines) is 1. The van der Waals surface area contributed by atoms with Gasteiger partial charge in [0.15, 0.2) is 0 Å². The molecule has 4 rings (SSSR count). The van der Waals surface area contributed by atoms with Gasteiger partial charge < -0.3 is 20.6 Å². The lowest BCUT2D eigenvalue weighted by Gasteiger charge is -2.43. The van der Waals surface area contributed by atoms with E-state index in [1.54, 1.807) is 19.1 Å². The Labute approximate surface area is 232 Å². The van der Waals surface area contributed by atoms with E-state index in [2.05, 4.69) is 49.6 Å². The summed E-state index contributed by atoms with van der Waals surface area (Å²) in [5, 5.41) is 17.8. The van der Waals surface area contributed by atoms with Crippen molar-refractivity contribution >= 4 is 17.3 Å². The zero-order chi connectivity index (χ0) is 28.2. The Morgan fingerprint density at radius 2 is 1.79 bits per heavy atom. The van der Waals surface area contributed by atoms with E-state index in [1.165, 1.54) is 11.6 Å². The molecule has 208 valence electrons. The van der Waals surface area contributed by atoms with Crippen LogP contribution in [0.3, 0.4) is 0 Å². The van der Waals surface area contributed by atoms with Gasteiger partial charge in [0, 0.05) is 24.5 Å². The first-order valence-electron chi connectivity index (χ1n) is 14.0. The van der Waals surface area contributed by atoms with Crippen molar-refractivity contribution < 1.29 is 14.3 Å². The molecular weight excluding hydrogens is 489 g/mol. The Morgan fingerprint density at radius 3 is 2.51 bits per heavy atom. The van der Waals surface area contributed by atoms with Crippen molar-refractivity contribution in [3.8, 4) is 0 Å². The van der Waals surface area contributed by atoms with Crippen LogP contribution < -0.4 is 10.6 Å². The number of piperidine rings is 1. The highest BCUT2D eigenvalue weighted by Gasteiger charge is 2.38. The molecule has 1 amide bonds. The van der Waals surface area contributed by atoms with Crippen LogP contribution in [0.5, 0.6) is 0 Å². The van der Waals surface area contributed by atoms with Crippen LogP contribution >= 0.6 is 0 Å². The first-order valence-corrected chi connectivity index (χ1v) is 14.0. The van der Waals surface area contributed by atoms with Gasteiger partial charge in [-0.15, -0.1) is 0 Å². The molecule has 1 fully saturated rings. The number of amides is 1. The van der Waals surface area contributed by atoms with E-state index < -0.39 is 12.0 Å². The molecule has 0 bridgehead atoms. The van der Waals surface area contributed by atoms with Crippen LogP contribution in [-0.2, 0) is 5.41 Å². The van der Waals surface area contributed by atoms with Crippen LogP contribution in [0.4, 0.5) is 15.8 Å². The van der Waals surface area contributed by atoms with Gasteiger partial charge in [-0.3, -0.25) is 4.79 Å². The number of aliphatic hydroxyl groups excluding tert-OH is 1. The molecule has 3 aromatic carbocycles. The summed E-state index contributed by atoms with van der Waals surface area (Å²) in [6.45, 7) is 11.6. The molecule has 3 aromatic rings. The second kappa shape index (κ2) is 12.2. The van der Waals surface area contributed by atoms with Crippen molar-refractivity contribution in [1.82, 2.24) is 4.90 Å². The molecule has 3 N–H and O–H groups in total. The molecule has 0 saturated carbocycles. The molecule has 0 aliphatic carbocycles. The van der Waals surface area contributed by atoms with Crippen LogP contribution in [0.25, 0.3) is 0 Å². The van der Waals surface area contributed by atoms with Gasteiger partial charge in [-0.1, -0.05) is 57.2 Å². The molecule has 1 saturated heterocycles. The van der Waals surface area contributed by atoms with Crippen molar-refractivity contribution in [2.75, 3.05) is 23.7 Å². The minimum atomic E-state index is -0.796. The van der Waals surface area contributed by atoms with Gasteiger partial charge in [0.1, 0.15) is 12.0 Å². The van der Waals surface area contributed by atoms with Crippen LogP contribution in [0.15, 0.2) is 66.7 Å². The third kappa shape index (κ3) is 6.80. The van der Waals surface area contributed by atoms with Gasteiger partial charge >= 0.3 is 0 Å². The lowest BCUT2D eigenvalue weighted by Crippen LogP contribution is -2.44. The van der Waals surface area contributed by atoms with Crippen LogP contribution in [0.2, 0.25) is 0 Å². The molecular formula is C33H42FN3O2. The fraction of sp³-hybridized carbons (Fsp3) is 0.424. The number of carbonyl (C=O) groups is 1. The number of hydrogen-bond donors (Lipinski definition) is 3. The second-order valence-electron chi connectivity index (χ2n) is 11.7. The molecule has 5 nitrogen and oxygen atoms in total. The Kier molecular flexibility index (Phi) is 8.96. The molecule has 1 heterocycles. The number of carbonyl (C=O) groups excluding carboxylic acids is 1. The summed E-state index contributed by atoms with van der Waals surface area (Å²) in [5.41, 5.74) is 4.78. The van der Waals surface area contributed by atoms with E-state index >= 15 is 0 Å². The summed E-state index contributed by atoms with van der Waals surface area (Å²) in [6, 6.07) is 20.7. The quantitative estimate of drug-likeness (QED) is 0.267. The van der Waals surface area contributed by atoms with Gasteiger partial charge in [-0.05, 0) is 91.5 Å². The predicted octanol–water partition coefficient (Wildman–Crippen LogP) is 7.28. The van der Waals surface area contributed by atoms with E-state index in [0.717, 1.165) is 36.3 Å². The van der Waals surface area contributed by atoms with Crippen molar-refractivity contribution in [3.63, 3.8) is 0 Å². The van der Waals surface area contributed by atoms with Crippen molar-refractivity contribution in [2.24, 2.45) is 5.92 Å². The monoisotopic (exact) mass is 531 g/mol. The minimum absolute atomic E-state index is 0.000352. The number of benzene rings is 3. The topological polar surface area (TPSA) is 64.6 Å². The number of nitrogens with zero attached hydrogens (tertiary/aromatic N) is 1. The van der Waals surface area contributed by atoms with E-state index in [0.29, 0.717) is 18.5 Å². The lowest BCUT2D eigenvalue weighted by molar-refractivity contribution is 0.0387. The molecule has 0 radical (unpaired) electrons. The highest BCUT2D eigenvalue weighted by Crippen LogP contribution is 2.41. The first-order chi connectivity index (χ1) is 18.6. The molecule has 39 heavy (non-hydrogen) atoms. The summed E-state index contributed by atoms with van der Waals surface area (Å²) in [6.07, 6.45) is 1.31. The molecule has 1 unspecified atom stereocenters. The van der Waals surface area contributed by atoms with Crippen LogP contribution in [-0.4, -0.2) is 35.2 Å². The summed E-state index contributed by atoms with van der Waals surface area (Å²) >= 11 is 0. The maximum Gasteiger partial charge on any atom is 0.257 e. The molecule has 0 aromatic heterocycles. The van der Waals surface area contributed by atoms with Crippen molar-refractivity contribution in [1.29, 1.82) is 0 Å². The minimum Gasteiger partial charge on any atom is -0.385 e. The summed E-state index contributed by atoms with van der Waals surface area (Å²) in [7, 11) is 0. The predicted molar refractivity (Wildman–Crippen MR) is 158 cm³/mol. The Balaban J connectivity index is 1.64. The Bertz CT molecular complexity index is 1270. The molecule has 3 atom stereocenters. The summed E-state index contributed by atoms with van der Waals surface area (Å²) in [4.78, 5) is 15.7. The number of hydrogen-bond acceptors (Lipinski definition) is 4. The van der Waals surface area contributed by atoms with E-state index in [9.17, 15) is 14.3 Å². The van der Waals surface area contributed by atoms with E-state index in [1.807, 2.05) is 42.2 Å². The SMILES string of the molecule is CCNc1cccc([C@H]2[C@@H](CC(O)Nc3cccc(C(C)(C)C)c3)CCCN2C(=O)c2c(C)cccc2F)c1. The van der Waals surface area contributed by atoms with Gasteiger partial charge in [0.05, 0.1) is 11.6 Å². The number of halogens is 1. The van der Waals surface area contributed by atoms with E-state index in [-0.39, 0.29) is 28.8 Å². The highest BCUT2D eigenvalue weighted by atomic mass is 19.1. The zero-order valence-corrected chi connectivity index (χ0v) is 23.8. The lowest BCUT2D eigenvalue weighted by atomic mass is 9.81. The number of aliphatic hydroxyl groups is 1. The fourth-order valence-corrected chi connectivity index (χ4v) is 5.70. The van der Waals surface area contributed by atoms with Gasteiger partial charge in [0.2, 0.25) is 0 Å². The third-order valence-corrected chi connectivity index (χ3v) is 7.65. The van der Waals surface area contributed by atoms with Crippen molar-refractivity contribution in [2.45, 2.75) is 71.6 Å². The number of rotatable bonds is 8. The molecule has 0 spiro atoms. The maximum absolute atomic E-state index is 14.9. The summed E-state index contributed by atoms with van der Waals surface area (Å²) < 4.78 is 14.9. The Hall–Kier alpha value is -3.38. The highest BCUT2D eigenvalue weighted by molar-refractivity contribution is 5.96. The van der Waals surface area contributed by atoms with Crippen LogP contribution in [0, 0.1) is 18.7 Å². The molecule has 1 aliphatic rings. The third-order valence-electron chi connectivity index (χ3n) is 7.65. The average molecular weight is 532 g/mol. The maximum atomic E-state index is 14.9. The number of nitrogens with one attached hydrogen (secondary N) is 2. The van der Waals surface area contributed by atoms with Crippen LogP contribution in [0.1, 0.15) is 80.0 Å². The van der Waals surface area contributed by atoms with Gasteiger partial charge in [-0.2, -0.15) is 0 Å². The zero-order valence-electron chi connectivity index (χ0n) is 23.8. The van der Waals surface area contributed by atoms with Gasteiger partial charge in [0.25, 0.3) is 5.91 Å². The second-order valence-corrected chi connectivity index (χ2v) is 11.7. The number of aryl methyl sites for hydroxylation is 1. The normalized spacial score (nSPS) is 18.5. The molecule has 1 aliphatic heterocycles. The standard InChI is InChI=1S/C33H42FN3O2/c1-6-35-26-15-8-12-23(19-26)31-24(20-29(38)36-27-16-9-14-25(21-27)33(3,4)5)13-10-18-37(31)32(39)30-22(2)11-7-17-28(30)34/h7-9,11-12,14-17,19,21,24,29,31,35-36,38H,6,10,13,18,20H2,1-5H3/t24-,29?,31+/m1/s1. The Morgan fingerprint density at radius 1 is 1.08 bits per heavy atom. The first kappa shape index (κ1) is 28.6. The summed E-state index contributed by atoms with van der Waals surface area (Å²) in [5.74, 6) is -0.808. The largest absolute Gasteiger partial charge is 0.385 e. The average Bonchev–Trinajstić information content (AvgIpc) is 2.88. The molecule has 6 heteroatoms.